The molecular weight excluding hydrogens is 348 g/mol. The first-order chi connectivity index (χ1) is 12.6. The van der Waals surface area contributed by atoms with Crippen molar-refractivity contribution in [3.63, 3.8) is 0 Å². The molecule has 6 heteroatoms. The van der Waals surface area contributed by atoms with E-state index in [1.165, 1.54) is 16.7 Å². The molecular formula is C20H26N2O3S. The van der Waals surface area contributed by atoms with E-state index in [2.05, 4.69) is 42.3 Å². The van der Waals surface area contributed by atoms with Crippen LogP contribution in [0.15, 0.2) is 29.1 Å². The van der Waals surface area contributed by atoms with Gasteiger partial charge in [-0.3, -0.25) is 4.79 Å². The number of thiazole rings is 1. The topological polar surface area (TPSA) is 60.5 Å². The summed E-state index contributed by atoms with van der Waals surface area (Å²) in [6.45, 7) is 5.81. The molecule has 1 aliphatic heterocycles. The predicted molar refractivity (Wildman–Crippen MR) is 102 cm³/mol. The minimum absolute atomic E-state index is 0.00496. The van der Waals surface area contributed by atoms with Crippen LogP contribution in [-0.4, -0.2) is 36.3 Å². The summed E-state index contributed by atoms with van der Waals surface area (Å²) in [5, 5.41) is 5.11. The van der Waals surface area contributed by atoms with E-state index in [4.69, 9.17) is 9.47 Å². The van der Waals surface area contributed by atoms with E-state index in [-0.39, 0.29) is 18.1 Å². The van der Waals surface area contributed by atoms with E-state index in [9.17, 15) is 4.79 Å². The Morgan fingerprint density at radius 2 is 2.27 bits per heavy atom. The summed E-state index contributed by atoms with van der Waals surface area (Å²) < 4.78 is 11.5. The molecule has 0 saturated carbocycles. The van der Waals surface area contributed by atoms with Crippen LogP contribution in [0.3, 0.4) is 0 Å². The van der Waals surface area contributed by atoms with Crippen LogP contribution in [0.5, 0.6) is 0 Å². The molecule has 3 rings (SSSR count). The molecule has 1 aliphatic rings. The summed E-state index contributed by atoms with van der Waals surface area (Å²) in [7, 11) is 0. The van der Waals surface area contributed by atoms with Crippen LogP contribution in [-0.2, 0) is 27.3 Å². The number of benzene rings is 1. The maximum atomic E-state index is 12.4. The Kier molecular flexibility index (Phi) is 6.77. The van der Waals surface area contributed by atoms with Crippen molar-refractivity contribution in [2.75, 3.05) is 13.2 Å². The van der Waals surface area contributed by atoms with Gasteiger partial charge in [0.05, 0.1) is 30.5 Å². The van der Waals surface area contributed by atoms with Gasteiger partial charge in [0.2, 0.25) is 5.91 Å². The number of carbonyl (C=O) groups excluding carboxylic acids is 1. The average Bonchev–Trinajstić information content (AvgIpc) is 3.15. The second-order valence-electron chi connectivity index (χ2n) is 6.79. The smallest absolute Gasteiger partial charge is 0.220 e. The van der Waals surface area contributed by atoms with Crippen molar-refractivity contribution in [2.45, 2.75) is 51.9 Å². The Balaban J connectivity index is 1.48. The van der Waals surface area contributed by atoms with E-state index in [1.807, 2.05) is 5.38 Å². The van der Waals surface area contributed by atoms with Crippen LogP contribution < -0.4 is 5.32 Å². The van der Waals surface area contributed by atoms with Gasteiger partial charge < -0.3 is 14.8 Å². The number of aromatic nitrogens is 1. The quantitative estimate of drug-likeness (QED) is 0.809. The third-order valence-corrected chi connectivity index (χ3v) is 5.43. The van der Waals surface area contributed by atoms with E-state index in [1.54, 1.807) is 16.8 Å². The number of nitrogens with one attached hydrogen (secondary N) is 1. The Bertz CT molecular complexity index is 718. The van der Waals surface area contributed by atoms with Crippen LogP contribution >= 0.6 is 11.3 Å². The van der Waals surface area contributed by atoms with Crippen LogP contribution in [0.1, 0.15) is 35.2 Å². The number of amides is 1. The fourth-order valence-corrected chi connectivity index (χ4v) is 3.58. The van der Waals surface area contributed by atoms with Crippen molar-refractivity contribution in [1.82, 2.24) is 10.3 Å². The van der Waals surface area contributed by atoms with Crippen LogP contribution in [0.2, 0.25) is 0 Å². The highest BCUT2D eigenvalue weighted by molar-refractivity contribution is 7.07. The number of carbonyl (C=O) groups is 1. The first kappa shape index (κ1) is 19.0. The third kappa shape index (κ3) is 5.37. The summed E-state index contributed by atoms with van der Waals surface area (Å²) >= 11 is 1.55. The van der Waals surface area contributed by atoms with Gasteiger partial charge in [-0.15, -0.1) is 11.3 Å². The second-order valence-corrected chi connectivity index (χ2v) is 7.50. The van der Waals surface area contributed by atoms with Gasteiger partial charge in [-0.2, -0.15) is 0 Å². The summed E-state index contributed by atoms with van der Waals surface area (Å²) in [5.41, 5.74) is 6.46. The molecule has 1 saturated heterocycles. The van der Waals surface area contributed by atoms with Crippen molar-refractivity contribution < 1.29 is 14.3 Å². The molecule has 2 aromatic rings. The maximum absolute atomic E-state index is 12.4. The van der Waals surface area contributed by atoms with Crippen molar-refractivity contribution in [3.8, 4) is 0 Å². The summed E-state index contributed by atoms with van der Waals surface area (Å²) in [4.78, 5) is 16.6. The number of hydrogen-bond donors (Lipinski definition) is 1. The highest BCUT2D eigenvalue weighted by Gasteiger charge is 2.28. The summed E-state index contributed by atoms with van der Waals surface area (Å²) in [6, 6.07) is 6.37. The Morgan fingerprint density at radius 1 is 1.38 bits per heavy atom. The van der Waals surface area contributed by atoms with Crippen LogP contribution in [0.25, 0.3) is 0 Å². The van der Waals surface area contributed by atoms with Gasteiger partial charge in [0.25, 0.3) is 0 Å². The number of hydrogen-bond acceptors (Lipinski definition) is 5. The van der Waals surface area contributed by atoms with Crippen molar-refractivity contribution in [3.05, 3.63) is 51.5 Å². The predicted octanol–water partition coefficient (Wildman–Crippen LogP) is 3.18. The van der Waals surface area contributed by atoms with E-state index < -0.39 is 0 Å². The highest BCUT2D eigenvalue weighted by Crippen LogP contribution is 2.15. The molecule has 0 radical (unpaired) electrons. The second kappa shape index (κ2) is 9.26. The van der Waals surface area contributed by atoms with E-state index in [0.717, 1.165) is 18.5 Å². The molecule has 1 amide bonds. The standard InChI is InChI=1S/C20H26N2O3S/c1-14-3-4-16(9-15(14)2)5-6-20(23)22-18-7-8-24-11-19(18)25-10-17-12-26-13-21-17/h3-4,9,12-13,18-19H,5-8,10-11H2,1-2H3,(H,22,23)/t18-,19-/m1/s1. The highest BCUT2D eigenvalue weighted by atomic mass is 32.1. The molecule has 0 unspecified atom stereocenters. The molecule has 26 heavy (non-hydrogen) atoms. The molecule has 5 nitrogen and oxygen atoms in total. The molecule has 2 atom stereocenters. The first-order valence-corrected chi connectivity index (χ1v) is 9.98. The van der Waals surface area contributed by atoms with Gasteiger partial charge in [-0.1, -0.05) is 18.2 Å². The number of rotatable bonds is 7. The van der Waals surface area contributed by atoms with E-state index in [0.29, 0.717) is 26.2 Å². The number of nitrogens with zero attached hydrogens (tertiary/aromatic N) is 1. The van der Waals surface area contributed by atoms with Gasteiger partial charge in [0, 0.05) is 18.4 Å². The molecule has 2 heterocycles. The number of aryl methyl sites for hydroxylation is 3. The number of ether oxygens (including phenoxy) is 2. The molecule has 140 valence electrons. The van der Waals surface area contributed by atoms with Gasteiger partial charge in [-0.25, -0.2) is 4.98 Å². The first-order valence-electron chi connectivity index (χ1n) is 9.03. The lowest BCUT2D eigenvalue weighted by Crippen LogP contribution is -2.50. The Labute approximate surface area is 158 Å². The molecule has 1 fully saturated rings. The van der Waals surface area contributed by atoms with Gasteiger partial charge >= 0.3 is 0 Å². The minimum atomic E-state index is -0.129. The van der Waals surface area contributed by atoms with Crippen LogP contribution in [0.4, 0.5) is 0 Å². The Morgan fingerprint density at radius 3 is 3.04 bits per heavy atom. The molecule has 1 N–H and O–H groups in total. The Hall–Kier alpha value is -1.76. The zero-order valence-corrected chi connectivity index (χ0v) is 16.2. The molecule has 1 aromatic heterocycles. The fourth-order valence-electron chi connectivity index (χ4n) is 3.04. The van der Waals surface area contributed by atoms with Crippen LogP contribution in [0, 0.1) is 13.8 Å². The maximum Gasteiger partial charge on any atom is 0.220 e. The lowest BCUT2D eigenvalue weighted by atomic mass is 10.0. The van der Waals surface area contributed by atoms with Crippen molar-refractivity contribution in [2.24, 2.45) is 0 Å². The molecule has 0 aliphatic carbocycles. The third-order valence-electron chi connectivity index (χ3n) is 4.79. The monoisotopic (exact) mass is 374 g/mol. The molecule has 0 spiro atoms. The lowest BCUT2D eigenvalue weighted by molar-refractivity contribution is -0.126. The minimum Gasteiger partial charge on any atom is -0.379 e. The van der Waals surface area contributed by atoms with Gasteiger partial charge in [-0.05, 0) is 43.4 Å². The molecule has 0 bridgehead atoms. The van der Waals surface area contributed by atoms with Gasteiger partial charge in [0.1, 0.15) is 6.10 Å². The van der Waals surface area contributed by atoms with Gasteiger partial charge in [0.15, 0.2) is 0 Å². The fraction of sp³-hybridized carbons (Fsp3) is 0.500. The normalized spacial score (nSPS) is 20.1. The van der Waals surface area contributed by atoms with Crippen molar-refractivity contribution >= 4 is 17.2 Å². The molecule has 1 aromatic carbocycles. The largest absolute Gasteiger partial charge is 0.379 e. The van der Waals surface area contributed by atoms with E-state index >= 15 is 0 Å². The SMILES string of the molecule is Cc1ccc(CCC(=O)N[C@@H]2CCOC[C@H]2OCc2cscn2)cc1C. The zero-order chi connectivity index (χ0) is 18.4. The van der Waals surface area contributed by atoms with Crippen molar-refractivity contribution in [1.29, 1.82) is 0 Å². The average molecular weight is 375 g/mol. The summed E-state index contributed by atoms with van der Waals surface area (Å²) in [5.74, 6) is 0.0670. The summed E-state index contributed by atoms with van der Waals surface area (Å²) in [6.07, 6.45) is 1.88. The lowest BCUT2D eigenvalue weighted by Gasteiger charge is -2.32. The zero-order valence-electron chi connectivity index (χ0n) is 15.4.